The van der Waals surface area contributed by atoms with Gasteiger partial charge in [0.2, 0.25) is 5.91 Å². The predicted molar refractivity (Wildman–Crippen MR) is 91.6 cm³/mol. The molecule has 1 unspecified atom stereocenters. The first-order valence-electron chi connectivity index (χ1n) is 8.10. The normalized spacial score (nSPS) is 14.0. The van der Waals surface area contributed by atoms with Crippen molar-refractivity contribution >= 4 is 42.0 Å². The van der Waals surface area contributed by atoms with E-state index in [1.807, 2.05) is 0 Å². The van der Waals surface area contributed by atoms with Crippen molar-refractivity contribution in [3.8, 4) is 0 Å². The molecule has 0 heterocycles. The lowest BCUT2D eigenvalue weighted by atomic mass is 9.75. The SMILES string of the molecule is [2H]C([2H])(C(C)C)C(NC(=O)CCC(=O)c1cc(Cl)ccc1Cl)B(O)O. The van der Waals surface area contributed by atoms with Crippen LogP contribution in [0.25, 0.3) is 0 Å². The molecule has 1 aromatic carbocycles. The van der Waals surface area contributed by atoms with E-state index in [2.05, 4.69) is 5.32 Å². The minimum Gasteiger partial charge on any atom is -0.426 e. The van der Waals surface area contributed by atoms with Crippen LogP contribution in [0.1, 0.15) is 46.2 Å². The molecule has 0 saturated heterocycles. The zero-order chi connectivity index (χ0) is 19.4. The van der Waals surface area contributed by atoms with Crippen LogP contribution in [0.15, 0.2) is 18.2 Å². The number of hydrogen-bond donors (Lipinski definition) is 3. The Labute approximate surface area is 148 Å². The second kappa shape index (κ2) is 9.28. The fourth-order valence-corrected chi connectivity index (χ4v) is 2.27. The molecule has 1 atom stereocenters. The van der Waals surface area contributed by atoms with Crippen molar-refractivity contribution < 1.29 is 22.4 Å². The van der Waals surface area contributed by atoms with Gasteiger partial charge in [0.25, 0.3) is 0 Å². The van der Waals surface area contributed by atoms with Crippen LogP contribution in [-0.2, 0) is 4.79 Å². The number of rotatable bonds is 8. The van der Waals surface area contributed by atoms with Gasteiger partial charge >= 0.3 is 7.12 Å². The van der Waals surface area contributed by atoms with E-state index in [1.54, 1.807) is 13.8 Å². The molecule has 0 bridgehead atoms. The Balaban J connectivity index is 2.72. The van der Waals surface area contributed by atoms with Gasteiger partial charge in [0.15, 0.2) is 5.78 Å². The maximum absolute atomic E-state index is 12.2. The maximum Gasteiger partial charge on any atom is 0.475 e. The molecule has 1 aromatic rings. The van der Waals surface area contributed by atoms with Gasteiger partial charge in [-0.05, 0) is 30.5 Å². The van der Waals surface area contributed by atoms with Crippen molar-refractivity contribution in [2.75, 3.05) is 0 Å². The van der Waals surface area contributed by atoms with E-state index < -0.39 is 37.0 Å². The van der Waals surface area contributed by atoms with E-state index in [0.717, 1.165) is 0 Å². The molecular formula is C15H20BCl2NO4. The zero-order valence-electron chi connectivity index (χ0n) is 14.8. The smallest absolute Gasteiger partial charge is 0.426 e. The summed E-state index contributed by atoms with van der Waals surface area (Å²) in [7, 11) is -2.07. The third kappa shape index (κ3) is 6.91. The molecule has 0 aliphatic rings. The number of halogens is 2. The lowest BCUT2D eigenvalue weighted by Crippen LogP contribution is -2.47. The van der Waals surface area contributed by atoms with Crippen molar-refractivity contribution in [3.63, 3.8) is 0 Å². The molecule has 0 aliphatic carbocycles. The molecule has 0 aliphatic heterocycles. The number of nitrogens with one attached hydrogen (secondary N) is 1. The van der Waals surface area contributed by atoms with Gasteiger partial charge in [-0.15, -0.1) is 0 Å². The van der Waals surface area contributed by atoms with Crippen molar-refractivity contribution in [2.45, 2.75) is 39.0 Å². The second-order valence-electron chi connectivity index (χ2n) is 5.33. The Morgan fingerprint density at radius 3 is 2.52 bits per heavy atom. The van der Waals surface area contributed by atoms with Crippen LogP contribution in [0.3, 0.4) is 0 Å². The summed E-state index contributed by atoms with van der Waals surface area (Å²) in [6, 6.07) is 4.42. The fourth-order valence-electron chi connectivity index (χ4n) is 1.88. The Kier molecular flexibility index (Phi) is 6.76. The summed E-state index contributed by atoms with van der Waals surface area (Å²) in [5.74, 6) is -3.14. The summed E-state index contributed by atoms with van der Waals surface area (Å²) >= 11 is 11.8. The maximum atomic E-state index is 12.2. The number of amides is 1. The Morgan fingerprint density at radius 2 is 1.96 bits per heavy atom. The lowest BCUT2D eigenvalue weighted by molar-refractivity contribution is -0.121. The Hall–Kier alpha value is -1.08. The standard InChI is InChI=1S/C15H20BCl2NO4/c1-9(2)7-14(16(22)23)19-15(21)6-5-13(20)11-8-10(17)3-4-12(11)18/h3-4,8-9,14,22-23H,5-7H2,1-2H3,(H,19,21)/i7D2. The summed E-state index contributed by atoms with van der Waals surface area (Å²) in [4.78, 5) is 24.2. The first-order valence-corrected chi connectivity index (χ1v) is 7.86. The van der Waals surface area contributed by atoms with Crippen LogP contribution in [0.4, 0.5) is 0 Å². The van der Waals surface area contributed by atoms with Gasteiger partial charge in [-0.3, -0.25) is 9.59 Å². The topological polar surface area (TPSA) is 86.6 Å². The molecule has 3 N–H and O–H groups in total. The third-order valence-electron chi connectivity index (χ3n) is 2.94. The molecule has 0 saturated carbocycles. The van der Waals surface area contributed by atoms with Gasteiger partial charge < -0.3 is 15.4 Å². The van der Waals surface area contributed by atoms with E-state index in [9.17, 15) is 19.6 Å². The number of carbonyl (C=O) groups is 2. The molecule has 126 valence electrons. The van der Waals surface area contributed by atoms with E-state index in [0.29, 0.717) is 5.02 Å². The summed E-state index contributed by atoms with van der Waals surface area (Å²) in [6.45, 7) is 3.12. The van der Waals surface area contributed by atoms with Gasteiger partial charge in [0.1, 0.15) is 0 Å². The Morgan fingerprint density at radius 1 is 1.30 bits per heavy atom. The number of Topliss-reactive ketones (excluding diaryl/α,β-unsaturated/α-hetero) is 1. The molecule has 0 fully saturated rings. The minimum absolute atomic E-state index is 0.176. The van der Waals surface area contributed by atoms with Crippen LogP contribution in [-0.4, -0.2) is 34.8 Å². The molecule has 8 heteroatoms. The molecule has 23 heavy (non-hydrogen) atoms. The summed E-state index contributed by atoms with van der Waals surface area (Å²) in [5.41, 5.74) is 0.193. The van der Waals surface area contributed by atoms with Crippen LogP contribution in [0, 0.1) is 5.92 Å². The van der Waals surface area contributed by atoms with Gasteiger partial charge in [0.05, 0.1) is 11.0 Å². The van der Waals surface area contributed by atoms with Crippen LogP contribution >= 0.6 is 23.2 Å². The summed E-state index contributed by atoms with van der Waals surface area (Å²) < 4.78 is 15.8. The van der Waals surface area contributed by atoms with Crippen molar-refractivity contribution in [3.05, 3.63) is 33.8 Å². The van der Waals surface area contributed by atoms with E-state index >= 15 is 0 Å². The molecule has 1 amide bonds. The minimum atomic E-state index is -2.07. The highest BCUT2D eigenvalue weighted by atomic mass is 35.5. The average molecular weight is 362 g/mol. The van der Waals surface area contributed by atoms with E-state index in [-0.39, 0.29) is 23.4 Å². The second-order valence-corrected chi connectivity index (χ2v) is 6.17. The quantitative estimate of drug-likeness (QED) is 0.490. The molecular weight excluding hydrogens is 340 g/mol. The van der Waals surface area contributed by atoms with Gasteiger partial charge in [-0.2, -0.15) is 0 Å². The monoisotopic (exact) mass is 361 g/mol. The average Bonchev–Trinajstić information content (AvgIpc) is 2.51. The molecule has 0 aromatic heterocycles. The van der Waals surface area contributed by atoms with Crippen molar-refractivity contribution in [2.24, 2.45) is 5.92 Å². The predicted octanol–water partition coefficient (Wildman–Crippen LogP) is 2.50. The largest absolute Gasteiger partial charge is 0.475 e. The first-order chi connectivity index (χ1) is 11.5. The number of hydrogen-bond acceptors (Lipinski definition) is 4. The van der Waals surface area contributed by atoms with Crippen LogP contribution in [0.5, 0.6) is 0 Å². The molecule has 0 radical (unpaired) electrons. The fraction of sp³-hybridized carbons (Fsp3) is 0.467. The highest BCUT2D eigenvalue weighted by Gasteiger charge is 2.26. The lowest BCUT2D eigenvalue weighted by Gasteiger charge is -2.19. The first kappa shape index (κ1) is 16.8. The van der Waals surface area contributed by atoms with Gasteiger partial charge in [0, 0.05) is 26.2 Å². The van der Waals surface area contributed by atoms with Gasteiger partial charge in [-0.25, -0.2) is 0 Å². The highest BCUT2D eigenvalue weighted by Crippen LogP contribution is 2.22. The summed E-state index contributed by atoms with van der Waals surface area (Å²) in [6.07, 6.45) is -2.46. The number of ketones is 1. The zero-order valence-corrected chi connectivity index (χ0v) is 14.4. The number of benzene rings is 1. The highest BCUT2D eigenvalue weighted by molar-refractivity contribution is 6.43. The van der Waals surface area contributed by atoms with E-state index in [4.69, 9.17) is 25.9 Å². The van der Waals surface area contributed by atoms with Crippen LogP contribution in [0.2, 0.25) is 10.0 Å². The molecule has 1 rings (SSSR count). The van der Waals surface area contributed by atoms with Crippen LogP contribution < -0.4 is 5.32 Å². The molecule has 0 spiro atoms. The van der Waals surface area contributed by atoms with Crippen molar-refractivity contribution in [1.82, 2.24) is 5.32 Å². The summed E-state index contributed by atoms with van der Waals surface area (Å²) in [5, 5.41) is 21.5. The van der Waals surface area contributed by atoms with E-state index in [1.165, 1.54) is 18.2 Å². The van der Waals surface area contributed by atoms with Crippen molar-refractivity contribution in [1.29, 1.82) is 0 Å². The molecule has 5 nitrogen and oxygen atoms in total. The van der Waals surface area contributed by atoms with Gasteiger partial charge in [-0.1, -0.05) is 37.0 Å². The third-order valence-corrected chi connectivity index (χ3v) is 3.50. The number of carbonyl (C=O) groups excluding carboxylic acids is 2. The Bertz CT molecular complexity index is 644.